The Morgan fingerprint density at radius 1 is 1.31 bits per heavy atom. The first-order valence-electron chi connectivity index (χ1n) is 5.40. The highest BCUT2D eigenvalue weighted by Gasteiger charge is 2.12. The Labute approximate surface area is 99.8 Å². The van der Waals surface area contributed by atoms with Gasteiger partial charge in [-0.05, 0) is 42.0 Å². The molecule has 0 spiro atoms. The standard InChI is InChI=1S/C14H14OS/c1-3-11-5-4-6-12(9-11)13(15)14-10(2)7-8-16-14/h4-9H,3H2,1-2H3. The number of aryl methyl sites for hydroxylation is 2. The minimum Gasteiger partial charge on any atom is -0.288 e. The van der Waals surface area contributed by atoms with Crippen LogP contribution in [0.1, 0.15) is 33.3 Å². The van der Waals surface area contributed by atoms with Gasteiger partial charge < -0.3 is 0 Å². The van der Waals surface area contributed by atoms with Gasteiger partial charge in [-0.1, -0.05) is 25.1 Å². The molecule has 0 saturated carbocycles. The Kier molecular flexibility index (Phi) is 3.20. The first kappa shape index (κ1) is 11.1. The fraction of sp³-hybridized carbons (Fsp3) is 0.214. The molecule has 2 rings (SSSR count). The quantitative estimate of drug-likeness (QED) is 0.732. The molecule has 0 bridgehead atoms. The molecule has 0 aliphatic heterocycles. The van der Waals surface area contributed by atoms with Crippen LogP contribution in [-0.4, -0.2) is 5.78 Å². The molecule has 2 heteroatoms. The van der Waals surface area contributed by atoms with E-state index in [0.29, 0.717) is 0 Å². The van der Waals surface area contributed by atoms with E-state index in [4.69, 9.17) is 0 Å². The molecule has 16 heavy (non-hydrogen) atoms. The minimum atomic E-state index is 0.141. The maximum Gasteiger partial charge on any atom is 0.203 e. The largest absolute Gasteiger partial charge is 0.288 e. The molecule has 82 valence electrons. The molecule has 0 radical (unpaired) electrons. The fourth-order valence-electron chi connectivity index (χ4n) is 1.67. The smallest absolute Gasteiger partial charge is 0.203 e. The van der Waals surface area contributed by atoms with Crippen LogP contribution >= 0.6 is 11.3 Å². The highest BCUT2D eigenvalue weighted by atomic mass is 32.1. The summed E-state index contributed by atoms with van der Waals surface area (Å²) in [6, 6.07) is 9.87. The summed E-state index contributed by atoms with van der Waals surface area (Å²) >= 11 is 1.52. The number of carbonyl (C=O) groups excluding carboxylic acids is 1. The molecular weight excluding hydrogens is 216 g/mol. The fourth-order valence-corrected chi connectivity index (χ4v) is 2.56. The zero-order valence-corrected chi connectivity index (χ0v) is 10.3. The van der Waals surface area contributed by atoms with Crippen LogP contribution in [0.25, 0.3) is 0 Å². The van der Waals surface area contributed by atoms with E-state index in [1.54, 1.807) is 0 Å². The van der Waals surface area contributed by atoms with Crippen molar-refractivity contribution in [3.05, 3.63) is 57.3 Å². The molecule has 0 unspecified atom stereocenters. The average molecular weight is 230 g/mol. The second kappa shape index (κ2) is 4.62. The van der Waals surface area contributed by atoms with Gasteiger partial charge in [0.1, 0.15) is 0 Å². The Morgan fingerprint density at radius 3 is 2.75 bits per heavy atom. The normalized spacial score (nSPS) is 10.4. The van der Waals surface area contributed by atoms with Crippen molar-refractivity contribution in [3.63, 3.8) is 0 Å². The van der Waals surface area contributed by atoms with Gasteiger partial charge in [0.2, 0.25) is 5.78 Å². The van der Waals surface area contributed by atoms with Gasteiger partial charge in [0, 0.05) is 5.56 Å². The number of benzene rings is 1. The van der Waals surface area contributed by atoms with Crippen LogP contribution in [0.3, 0.4) is 0 Å². The summed E-state index contributed by atoms with van der Waals surface area (Å²) in [7, 11) is 0. The van der Waals surface area contributed by atoms with Crippen molar-refractivity contribution in [1.29, 1.82) is 0 Å². The van der Waals surface area contributed by atoms with Gasteiger partial charge in [-0.25, -0.2) is 0 Å². The molecular formula is C14H14OS. The number of thiophene rings is 1. The molecule has 0 aliphatic rings. The van der Waals surface area contributed by atoms with Gasteiger partial charge in [0.25, 0.3) is 0 Å². The zero-order chi connectivity index (χ0) is 11.5. The van der Waals surface area contributed by atoms with E-state index in [0.717, 1.165) is 22.4 Å². The van der Waals surface area contributed by atoms with E-state index in [1.807, 2.05) is 36.6 Å². The van der Waals surface area contributed by atoms with Gasteiger partial charge in [-0.3, -0.25) is 4.79 Å². The topological polar surface area (TPSA) is 17.1 Å². The molecule has 0 fully saturated rings. The summed E-state index contributed by atoms with van der Waals surface area (Å²) in [6.07, 6.45) is 0.963. The van der Waals surface area contributed by atoms with Crippen molar-refractivity contribution in [1.82, 2.24) is 0 Å². The first-order valence-corrected chi connectivity index (χ1v) is 6.28. The van der Waals surface area contributed by atoms with E-state index in [2.05, 4.69) is 13.0 Å². The Morgan fingerprint density at radius 2 is 2.12 bits per heavy atom. The lowest BCUT2D eigenvalue weighted by Crippen LogP contribution is -2.00. The summed E-state index contributed by atoms with van der Waals surface area (Å²) in [4.78, 5) is 13.1. The monoisotopic (exact) mass is 230 g/mol. The van der Waals surface area contributed by atoms with Crippen molar-refractivity contribution >= 4 is 17.1 Å². The molecule has 0 aliphatic carbocycles. The Hall–Kier alpha value is -1.41. The van der Waals surface area contributed by atoms with Gasteiger partial charge in [0.15, 0.2) is 0 Å². The lowest BCUT2D eigenvalue weighted by atomic mass is 10.0. The molecule has 1 aromatic heterocycles. The molecule has 0 N–H and O–H groups in total. The molecule has 1 aromatic carbocycles. The maximum atomic E-state index is 12.2. The van der Waals surface area contributed by atoms with Crippen molar-refractivity contribution in [2.24, 2.45) is 0 Å². The molecule has 0 atom stereocenters. The van der Waals surface area contributed by atoms with E-state index >= 15 is 0 Å². The van der Waals surface area contributed by atoms with Crippen LogP contribution in [0.5, 0.6) is 0 Å². The predicted octanol–water partition coefficient (Wildman–Crippen LogP) is 3.85. The first-order chi connectivity index (χ1) is 7.72. The van der Waals surface area contributed by atoms with Crippen molar-refractivity contribution in [3.8, 4) is 0 Å². The third-order valence-electron chi connectivity index (χ3n) is 2.67. The van der Waals surface area contributed by atoms with Gasteiger partial charge >= 0.3 is 0 Å². The van der Waals surface area contributed by atoms with Gasteiger partial charge in [-0.15, -0.1) is 11.3 Å². The number of hydrogen-bond donors (Lipinski definition) is 0. The number of ketones is 1. The number of rotatable bonds is 3. The molecule has 1 nitrogen and oxygen atoms in total. The lowest BCUT2D eigenvalue weighted by molar-refractivity contribution is 0.104. The van der Waals surface area contributed by atoms with Crippen LogP contribution in [-0.2, 0) is 6.42 Å². The van der Waals surface area contributed by atoms with Gasteiger partial charge in [-0.2, -0.15) is 0 Å². The SMILES string of the molecule is CCc1cccc(C(=O)c2sccc2C)c1. The van der Waals surface area contributed by atoms with E-state index in [9.17, 15) is 4.79 Å². The van der Waals surface area contributed by atoms with Crippen molar-refractivity contribution in [2.45, 2.75) is 20.3 Å². The van der Waals surface area contributed by atoms with Crippen LogP contribution in [0, 0.1) is 6.92 Å². The lowest BCUT2D eigenvalue weighted by Gasteiger charge is -2.02. The third kappa shape index (κ3) is 2.07. The third-order valence-corrected chi connectivity index (χ3v) is 3.68. The average Bonchev–Trinajstić information content (AvgIpc) is 2.74. The molecule has 0 saturated heterocycles. The van der Waals surface area contributed by atoms with Crippen LogP contribution in [0.4, 0.5) is 0 Å². The van der Waals surface area contributed by atoms with Gasteiger partial charge in [0.05, 0.1) is 4.88 Å². The van der Waals surface area contributed by atoms with Crippen LogP contribution < -0.4 is 0 Å². The summed E-state index contributed by atoms with van der Waals surface area (Å²) < 4.78 is 0. The van der Waals surface area contributed by atoms with E-state index in [1.165, 1.54) is 16.9 Å². The summed E-state index contributed by atoms with van der Waals surface area (Å²) in [6.45, 7) is 4.08. The van der Waals surface area contributed by atoms with Crippen LogP contribution in [0.15, 0.2) is 35.7 Å². The summed E-state index contributed by atoms with van der Waals surface area (Å²) in [5.41, 5.74) is 3.07. The number of carbonyl (C=O) groups is 1. The summed E-state index contributed by atoms with van der Waals surface area (Å²) in [5, 5.41) is 1.96. The molecule has 2 aromatic rings. The Balaban J connectivity index is 2.38. The van der Waals surface area contributed by atoms with E-state index < -0.39 is 0 Å². The van der Waals surface area contributed by atoms with Crippen molar-refractivity contribution in [2.75, 3.05) is 0 Å². The molecule has 1 heterocycles. The number of hydrogen-bond acceptors (Lipinski definition) is 2. The zero-order valence-electron chi connectivity index (χ0n) is 9.49. The highest BCUT2D eigenvalue weighted by molar-refractivity contribution is 7.12. The minimum absolute atomic E-state index is 0.141. The predicted molar refractivity (Wildman–Crippen MR) is 68.3 cm³/mol. The maximum absolute atomic E-state index is 12.2. The summed E-state index contributed by atoms with van der Waals surface area (Å²) in [5.74, 6) is 0.141. The Bertz CT molecular complexity index is 511. The second-order valence-corrected chi connectivity index (χ2v) is 4.73. The highest BCUT2D eigenvalue weighted by Crippen LogP contribution is 2.20. The van der Waals surface area contributed by atoms with Crippen LogP contribution in [0.2, 0.25) is 0 Å². The second-order valence-electron chi connectivity index (χ2n) is 3.82. The molecule has 0 amide bonds. The van der Waals surface area contributed by atoms with E-state index in [-0.39, 0.29) is 5.78 Å². The van der Waals surface area contributed by atoms with Crippen molar-refractivity contribution < 1.29 is 4.79 Å².